The summed E-state index contributed by atoms with van der Waals surface area (Å²) in [5.74, 6) is 0. The Morgan fingerprint density at radius 3 is 0.790 bits per heavy atom. The Balaban J connectivity index is 0.000000162. The monoisotopic (exact) mass is 1320 g/mol. The number of aromatic nitrogens is 4. The van der Waals surface area contributed by atoms with Crippen LogP contribution in [0.25, 0.3) is 132 Å². The Morgan fingerprint density at radius 1 is 0.280 bits per heavy atom. The lowest BCUT2D eigenvalue weighted by atomic mass is 9.94. The Bertz CT molecular complexity index is 5880. The molecule has 8 nitrogen and oxygen atoms in total. The first-order chi connectivity index (χ1) is 48.1. The van der Waals surface area contributed by atoms with Crippen molar-refractivity contribution in [2.45, 2.75) is 67.7 Å². The number of nitrogens with zero attached hydrogens (tertiary/aromatic N) is 8. The largest absolute Gasteiger partial charge is 0.417 e. The summed E-state index contributed by atoms with van der Waals surface area (Å²) < 4.78 is 94.3. The zero-order valence-electron chi connectivity index (χ0n) is 55.5. The molecule has 484 valence electrons. The first-order valence-corrected chi connectivity index (χ1v) is 32.4. The number of rotatable bonds is 6. The van der Waals surface area contributed by atoms with Gasteiger partial charge in [-0.2, -0.15) is 47.4 Å². The smallest absolute Gasteiger partial charge is 0.307 e. The number of nitriles is 4. The lowest BCUT2D eigenvalue weighted by Gasteiger charge is -2.21. The van der Waals surface area contributed by atoms with Gasteiger partial charge in [0.05, 0.1) is 101 Å². The first-order valence-electron chi connectivity index (χ1n) is 32.4. The molecule has 0 unspecified atom stereocenters. The van der Waals surface area contributed by atoms with E-state index in [1.165, 1.54) is 18.2 Å². The van der Waals surface area contributed by atoms with Gasteiger partial charge in [0.1, 0.15) is 23.3 Å². The van der Waals surface area contributed by atoms with Gasteiger partial charge in [-0.05, 0) is 171 Å². The second-order valence-electron chi connectivity index (χ2n) is 25.9. The number of halogens is 6. The summed E-state index contributed by atoms with van der Waals surface area (Å²) in [5, 5.41) is 50.2. The highest BCUT2D eigenvalue weighted by molar-refractivity contribution is 6.15. The molecule has 0 aliphatic rings. The number of hydrogen-bond acceptors (Lipinski definition) is 4. The molecule has 0 spiro atoms. The highest BCUT2D eigenvalue weighted by Crippen LogP contribution is 2.48. The average molecular weight is 1320 g/mol. The van der Waals surface area contributed by atoms with E-state index >= 15 is 0 Å². The molecule has 0 aliphatic carbocycles. The van der Waals surface area contributed by atoms with Gasteiger partial charge in [0, 0.05) is 43.1 Å². The molecular weight excluding hydrogens is 1260 g/mol. The molecule has 0 N–H and O–H groups in total. The van der Waals surface area contributed by atoms with Gasteiger partial charge in [0.15, 0.2) is 0 Å². The second kappa shape index (κ2) is 23.6. The van der Waals surface area contributed by atoms with E-state index in [0.717, 1.165) is 150 Å². The third kappa shape index (κ3) is 9.77. The van der Waals surface area contributed by atoms with Crippen LogP contribution in [0.5, 0.6) is 0 Å². The maximum absolute atomic E-state index is 14.8. The van der Waals surface area contributed by atoms with E-state index in [1.807, 2.05) is 210 Å². The molecule has 0 bridgehead atoms. The molecule has 4 aromatic heterocycles. The lowest BCUT2D eigenvalue weighted by molar-refractivity contribution is -0.138. The van der Waals surface area contributed by atoms with Crippen LogP contribution in [0, 0.1) is 101 Å². The minimum Gasteiger partial charge on any atom is -0.307 e. The van der Waals surface area contributed by atoms with Crippen LogP contribution in [0.2, 0.25) is 0 Å². The Morgan fingerprint density at radius 2 is 0.550 bits per heavy atom. The van der Waals surface area contributed by atoms with Gasteiger partial charge in [-0.1, -0.05) is 158 Å². The molecule has 0 saturated carbocycles. The van der Waals surface area contributed by atoms with E-state index in [2.05, 4.69) is 45.5 Å². The molecule has 0 radical (unpaired) electrons. The van der Waals surface area contributed by atoms with Crippen molar-refractivity contribution in [2.75, 3.05) is 0 Å². The fourth-order valence-corrected chi connectivity index (χ4v) is 15.4. The van der Waals surface area contributed by atoms with E-state index in [0.29, 0.717) is 45.0 Å². The molecule has 12 aromatic carbocycles. The third-order valence-electron chi connectivity index (χ3n) is 19.8. The Kier molecular flexibility index (Phi) is 15.0. The van der Waals surface area contributed by atoms with Gasteiger partial charge in [0.25, 0.3) is 0 Å². The summed E-state index contributed by atoms with van der Waals surface area (Å²) in [5.41, 5.74) is 17.0. The maximum atomic E-state index is 14.8. The summed E-state index contributed by atoms with van der Waals surface area (Å²) in [4.78, 5) is 0. The lowest BCUT2D eigenvalue weighted by Crippen LogP contribution is -2.10. The van der Waals surface area contributed by atoms with Crippen molar-refractivity contribution < 1.29 is 26.3 Å². The van der Waals surface area contributed by atoms with Crippen molar-refractivity contribution in [3.63, 3.8) is 0 Å². The molecule has 0 fully saturated rings. The van der Waals surface area contributed by atoms with Gasteiger partial charge < -0.3 is 18.3 Å². The number of aryl methyl sites for hydroxylation is 8. The maximum Gasteiger partial charge on any atom is 0.417 e. The molecule has 0 amide bonds. The summed E-state index contributed by atoms with van der Waals surface area (Å²) >= 11 is 0. The molecule has 14 heteroatoms. The van der Waals surface area contributed by atoms with Gasteiger partial charge in [-0.3, -0.25) is 0 Å². The summed E-state index contributed by atoms with van der Waals surface area (Å²) in [7, 11) is 0. The van der Waals surface area contributed by atoms with Crippen molar-refractivity contribution in [2.24, 2.45) is 0 Å². The molecule has 0 saturated heterocycles. The van der Waals surface area contributed by atoms with E-state index < -0.39 is 23.5 Å². The van der Waals surface area contributed by atoms with E-state index in [-0.39, 0.29) is 22.3 Å². The molecule has 16 rings (SSSR count). The number of hydrogen-bond donors (Lipinski definition) is 0. The predicted octanol–water partition coefficient (Wildman–Crippen LogP) is 23.1. The van der Waals surface area contributed by atoms with Crippen LogP contribution in [-0.4, -0.2) is 18.3 Å². The minimum absolute atomic E-state index is 0.0769. The van der Waals surface area contributed by atoms with Gasteiger partial charge >= 0.3 is 12.4 Å². The molecule has 4 heterocycles. The highest BCUT2D eigenvalue weighted by atomic mass is 19.4. The summed E-state index contributed by atoms with van der Waals surface area (Å²) in [6.07, 6.45) is -9.35. The highest BCUT2D eigenvalue weighted by Gasteiger charge is 2.36. The van der Waals surface area contributed by atoms with Crippen LogP contribution >= 0.6 is 0 Å². The first kappa shape index (κ1) is 63.4. The van der Waals surface area contributed by atoms with E-state index in [1.54, 1.807) is 12.1 Å². The zero-order valence-corrected chi connectivity index (χ0v) is 55.5. The van der Waals surface area contributed by atoms with E-state index in [9.17, 15) is 47.4 Å². The third-order valence-corrected chi connectivity index (χ3v) is 19.8. The van der Waals surface area contributed by atoms with Gasteiger partial charge in [-0.25, -0.2) is 0 Å². The topological polar surface area (TPSA) is 115 Å². The standard InChI is InChI=1S/2C43H29F3N4/c1-24-9-5-13-32-33-14-6-10-25(2)40(33)49(39(24)32)37-20-28(31-18-17-30(43(44,45)46)19-29(31)22-47)21-38(36(37)23-48)50-41-26(3)11-7-15-34(41)35-16-8-12-27(4)42(35)50;1-24-9-5-13-31-32-14-6-10-25(2)40(32)49(39(24)31)37-20-29(30-18-17-28(22-47)19-36(30)43(44,45)46)21-38(35(37)23-48)50-41-26(3)11-7-15-33(41)34-16-8-12-27(4)42(34)50/h2*5-21H,1-4H3. The van der Waals surface area contributed by atoms with Crippen molar-refractivity contribution in [3.05, 3.63) is 284 Å². The number of benzene rings is 12. The van der Waals surface area contributed by atoms with Crippen LogP contribution < -0.4 is 0 Å². The Labute approximate surface area is 571 Å². The predicted molar refractivity (Wildman–Crippen MR) is 388 cm³/mol. The molecular formula is C86H58F6N8. The van der Waals surface area contributed by atoms with Crippen LogP contribution in [0.1, 0.15) is 77.9 Å². The van der Waals surface area contributed by atoms with Gasteiger partial charge in [-0.15, -0.1) is 0 Å². The Hall–Kier alpha value is -12.6. The van der Waals surface area contributed by atoms with Crippen molar-refractivity contribution in [1.82, 2.24) is 18.3 Å². The fraction of sp³-hybridized carbons (Fsp3) is 0.116. The van der Waals surface area contributed by atoms with Crippen molar-refractivity contribution in [1.29, 1.82) is 21.0 Å². The second-order valence-corrected chi connectivity index (χ2v) is 25.9. The van der Waals surface area contributed by atoms with Crippen LogP contribution in [0.15, 0.2) is 206 Å². The number of alkyl halides is 6. The average Bonchev–Trinajstić information content (AvgIpc) is 1.51. The molecule has 16 aromatic rings. The van der Waals surface area contributed by atoms with Crippen LogP contribution in [0.4, 0.5) is 26.3 Å². The minimum atomic E-state index is -4.74. The quantitative estimate of drug-likeness (QED) is 0.154. The molecule has 0 atom stereocenters. The van der Waals surface area contributed by atoms with Crippen molar-refractivity contribution >= 4 is 87.2 Å². The molecule has 100 heavy (non-hydrogen) atoms. The van der Waals surface area contributed by atoms with Crippen LogP contribution in [0.3, 0.4) is 0 Å². The normalized spacial score (nSPS) is 11.9. The number of fused-ring (bicyclic) bond motifs is 12. The summed E-state index contributed by atoms with van der Waals surface area (Å²) in [6, 6.07) is 71.6. The fourth-order valence-electron chi connectivity index (χ4n) is 15.4. The summed E-state index contributed by atoms with van der Waals surface area (Å²) in [6.45, 7) is 16.2. The van der Waals surface area contributed by atoms with Crippen molar-refractivity contribution in [3.8, 4) is 69.3 Å². The SMILES string of the molecule is Cc1cccc2c3cccc(C)c3n(-c3cc(-c4ccc(C#N)cc4C(F)(F)F)cc(-n4c5c(C)cccc5c5cccc(C)c54)c3C#N)c12.Cc1cccc2c3cccc(C)c3n(-c3cc(-c4ccc(C(F)(F)F)cc4C#N)cc(-n4c5c(C)cccc5c5cccc(C)c54)c3C#N)c12. The molecule has 0 aliphatic heterocycles. The van der Waals surface area contributed by atoms with Gasteiger partial charge in [0.2, 0.25) is 0 Å². The zero-order chi connectivity index (χ0) is 70.1. The number of para-hydroxylation sites is 8. The van der Waals surface area contributed by atoms with Crippen LogP contribution in [-0.2, 0) is 12.4 Å². The van der Waals surface area contributed by atoms with E-state index in [4.69, 9.17) is 0 Å².